The summed E-state index contributed by atoms with van der Waals surface area (Å²) < 4.78 is 0. The van der Waals surface area contributed by atoms with Crippen molar-refractivity contribution in [2.45, 2.75) is 38.0 Å². The molecule has 140 valence electrons. The second-order valence-electron chi connectivity index (χ2n) is 7.33. The van der Waals surface area contributed by atoms with E-state index in [-0.39, 0.29) is 30.2 Å². The van der Waals surface area contributed by atoms with E-state index in [4.69, 9.17) is 5.11 Å². The minimum absolute atomic E-state index is 0.00841. The molecule has 1 saturated heterocycles. The Morgan fingerprint density at radius 3 is 2.54 bits per heavy atom. The third-order valence-electron chi connectivity index (χ3n) is 5.61. The van der Waals surface area contributed by atoms with E-state index in [0.29, 0.717) is 25.9 Å². The highest BCUT2D eigenvalue weighted by atomic mass is 16.4. The minimum atomic E-state index is -0.791. The van der Waals surface area contributed by atoms with Gasteiger partial charge < -0.3 is 14.9 Å². The monoisotopic (exact) mass is 358 g/mol. The smallest absolute Gasteiger partial charge is 0.306 e. The van der Waals surface area contributed by atoms with Crippen molar-refractivity contribution in [2.24, 2.45) is 5.92 Å². The van der Waals surface area contributed by atoms with Crippen molar-refractivity contribution in [1.82, 2.24) is 9.80 Å². The fourth-order valence-corrected chi connectivity index (χ4v) is 4.03. The number of fused-ring (bicyclic) bond motifs is 1. The molecule has 1 unspecified atom stereocenters. The van der Waals surface area contributed by atoms with Gasteiger partial charge in [0.25, 0.3) is 0 Å². The van der Waals surface area contributed by atoms with Crippen LogP contribution in [0.1, 0.15) is 42.7 Å². The Kier molecular flexibility index (Phi) is 5.59. The maximum atomic E-state index is 12.9. The molecule has 2 amide bonds. The van der Waals surface area contributed by atoms with Crippen LogP contribution in [0.2, 0.25) is 0 Å². The lowest BCUT2D eigenvalue weighted by atomic mass is 9.82. The summed E-state index contributed by atoms with van der Waals surface area (Å²) in [6, 6.07) is 8.05. The summed E-state index contributed by atoms with van der Waals surface area (Å²) in [5.74, 6) is -1.44. The maximum Gasteiger partial charge on any atom is 0.306 e. The van der Waals surface area contributed by atoms with Gasteiger partial charge in [0, 0.05) is 20.1 Å². The molecule has 2 aliphatic rings. The molecule has 0 spiro atoms. The number of carbonyl (C=O) groups excluding carboxylic acids is 2. The second kappa shape index (κ2) is 7.89. The molecule has 6 heteroatoms. The van der Waals surface area contributed by atoms with Crippen molar-refractivity contribution >= 4 is 17.8 Å². The van der Waals surface area contributed by atoms with Gasteiger partial charge in [0.05, 0.1) is 18.4 Å². The predicted octanol–water partition coefficient (Wildman–Crippen LogP) is 1.89. The number of rotatable bonds is 4. The van der Waals surface area contributed by atoms with E-state index in [1.807, 2.05) is 18.2 Å². The van der Waals surface area contributed by atoms with E-state index < -0.39 is 5.97 Å². The highest BCUT2D eigenvalue weighted by molar-refractivity contribution is 5.89. The molecule has 0 radical (unpaired) electrons. The Bertz CT molecular complexity index is 695. The van der Waals surface area contributed by atoms with Crippen LogP contribution in [0.25, 0.3) is 0 Å². The Labute approximate surface area is 153 Å². The summed E-state index contributed by atoms with van der Waals surface area (Å²) in [5.41, 5.74) is 2.32. The quantitative estimate of drug-likeness (QED) is 0.892. The molecule has 1 heterocycles. The first kappa shape index (κ1) is 18.4. The number of likely N-dealkylation sites (N-methyl/N-ethyl adjacent to an activating group) is 1. The number of piperidine rings is 1. The third kappa shape index (κ3) is 3.89. The minimum Gasteiger partial charge on any atom is -0.481 e. The summed E-state index contributed by atoms with van der Waals surface area (Å²) in [4.78, 5) is 39.6. The number of nitrogens with zero attached hydrogens (tertiary/aromatic N) is 2. The molecule has 1 aliphatic carbocycles. The number of carboxylic acids is 1. The van der Waals surface area contributed by atoms with Crippen LogP contribution < -0.4 is 0 Å². The molecule has 1 N–H and O–H groups in total. The molecule has 1 aromatic carbocycles. The fourth-order valence-electron chi connectivity index (χ4n) is 4.03. The zero-order chi connectivity index (χ0) is 18.7. The zero-order valence-electron chi connectivity index (χ0n) is 15.2. The first-order valence-corrected chi connectivity index (χ1v) is 9.30. The largest absolute Gasteiger partial charge is 0.481 e. The summed E-state index contributed by atoms with van der Waals surface area (Å²) in [6.07, 6.45) is 3.76. The lowest BCUT2D eigenvalue weighted by molar-refractivity contribution is -0.146. The molecule has 1 aromatic rings. The van der Waals surface area contributed by atoms with Gasteiger partial charge in [-0.25, -0.2) is 0 Å². The van der Waals surface area contributed by atoms with Gasteiger partial charge in [0.2, 0.25) is 11.8 Å². The Balaban J connectivity index is 1.58. The lowest BCUT2D eigenvalue weighted by Crippen LogP contribution is -2.46. The number of carbonyl (C=O) groups is 3. The molecule has 0 aromatic heterocycles. The number of hydrogen-bond donors (Lipinski definition) is 1. The Morgan fingerprint density at radius 2 is 1.85 bits per heavy atom. The molecule has 1 atom stereocenters. The van der Waals surface area contributed by atoms with E-state index >= 15 is 0 Å². The van der Waals surface area contributed by atoms with Crippen molar-refractivity contribution in [3.05, 3.63) is 35.4 Å². The van der Waals surface area contributed by atoms with Gasteiger partial charge in [-0.3, -0.25) is 14.4 Å². The normalized spacial score (nSPS) is 20.3. The van der Waals surface area contributed by atoms with Crippen LogP contribution >= 0.6 is 0 Å². The first-order chi connectivity index (χ1) is 12.5. The van der Waals surface area contributed by atoms with Crippen molar-refractivity contribution in [3.63, 3.8) is 0 Å². The highest BCUT2D eigenvalue weighted by Gasteiger charge is 2.31. The molecule has 6 nitrogen and oxygen atoms in total. The summed E-state index contributed by atoms with van der Waals surface area (Å²) >= 11 is 0. The fraction of sp³-hybridized carbons (Fsp3) is 0.550. The van der Waals surface area contributed by atoms with Gasteiger partial charge in [-0.05, 0) is 43.2 Å². The topological polar surface area (TPSA) is 77.9 Å². The molecule has 1 aliphatic heterocycles. The Morgan fingerprint density at radius 1 is 1.15 bits per heavy atom. The number of likely N-dealkylation sites (tertiary alicyclic amines) is 1. The van der Waals surface area contributed by atoms with Gasteiger partial charge >= 0.3 is 5.97 Å². The predicted molar refractivity (Wildman–Crippen MR) is 96.7 cm³/mol. The van der Waals surface area contributed by atoms with Gasteiger partial charge in [-0.2, -0.15) is 0 Å². The van der Waals surface area contributed by atoms with Crippen LogP contribution in [0, 0.1) is 5.92 Å². The summed E-state index contributed by atoms with van der Waals surface area (Å²) in [7, 11) is 1.68. The maximum absolute atomic E-state index is 12.9. The van der Waals surface area contributed by atoms with Crippen LogP contribution in [0.3, 0.4) is 0 Å². The van der Waals surface area contributed by atoms with Crippen LogP contribution in [-0.4, -0.2) is 59.4 Å². The summed E-state index contributed by atoms with van der Waals surface area (Å²) in [6.45, 7) is 0.948. The first-order valence-electron chi connectivity index (χ1n) is 9.30. The standard InChI is InChI=1S/C20H26N2O4/c1-21(13-18(23)22-11-9-15(10-12-22)20(25)26)19(24)17-8-4-6-14-5-2-3-7-16(14)17/h2-3,5,7,15,17H,4,6,8-13H2,1H3,(H,25,26). The number of benzene rings is 1. The van der Waals surface area contributed by atoms with Crippen molar-refractivity contribution in [1.29, 1.82) is 0 Å². The molecule has 3 rings (SSSR count). The molecule has 0 bridgehead atoms. The highest BCUT2D eigenvalue weighted by Crippen LogP contribution is 2.32. The molecule has 1 fully saturated rings. The Hall–Kier alpha value is -2.37. The SMILES string of the molecule is CN(CC(=O)N1CCC(C(=O)O)CC1)C(=O)C1CCCc2ccccc21. The van der Waals surface area contributed by atoms with Crippen LogP contribution in [0.4, 0.5) is 0 Å². The van der Waals surface area contributed by atoms with Crippen LogP contribution in [0.5, 0.6) is 0 Å². The molecular formula is C20H26N2O4. The molecule has 0 saturated carbocycles. The van der Waals surface area contributed by atoms with E-state index in [1.54, 1.807) is 11.9 Å². The van der Waals surface area contributed by atoms with Crippen molar-refractivity contribution in [3.8, 4) is 0 Å². The number of carboxylic acid groups (broad SMARTS) is 1. The second-order valence-corrected chi connectivity index (χ2v) is 7.33. The average molecular weight is 358 g/mol. The number of amides is 2. The number of aryl methyl sites for hydroxylation is 1. The lowest BCUT2D eigenvalue weighted by Gasteiger charge is -2.33. The van der Waals surface area contributed by atoms with E-state index in [0.717, 1.165) is 24.8 Å². The van der Waals surface area contributed by atoms with Crippen molar-refractivity contribution < 1.29 is 19.5 Å². The van der Waals surface area contributed by atoms with Crippen LogP contribution in [-0.2, 0) is 20.8 Å². The van der Waals surface area contributed by atoms with E-state index in [2.05, 4.69) is 6.07 Å². The van der Waals surface area contributed by atoms with Gasteiger partial charge in [-0.1, -0.05) is 24.3 Å². The zero-order valence-corrected chi connectivity index (χ0v) is 15.2. The van der Waals surface area contributed by atoms with E-state index in [1.165, 1.54) is 10.5 Å². The van der Waals surface area contributed by atoms with Gasteiger partial charge in [0.1, 0.15) is 0 Å². The summed E-state index contributed by atoms with van der Waals surface area (Å²) in [5, 5.41) is 9.05. The van der Waals surface area contributed by atoms with Gasteiger partial charge in [0.15, 0.2) is 0 Å². The third-order valence-corrected chi connectivity index (χ3v) is 5.61. The van der Waals surface area contributed by atoms with Crippen molar-refractivity contribution in [2.75, 3.05) is 26.7 Å². The van der Waals surface area contributed by atoms with Gasteiger partial charge in [-0.15, -0.1) is 0 Å². The van der Waals surface area contributed by atoms with Crippen LogP contribution in [0.15, 0.2) is 24.3 Å². The number of aliphatic carboxylic acids is 1. The average Bonchev–Trinajstić information content (AvgIpc) is 2.66. The molecule has 26 heavy (non-hydrogen) atoms. The number of hydrogen-bond acceptors (Lipinski definition) is 3. The molecular weight excluding hydrogens is 332 g/mol. The van der Waals surface area contributed by atoms with E-state index in [9.17, 15) is 14.4 Å².